The van der Waals surface area contributed by atoms with E-state index in [4.69, 9.17) is 10.00 Å². The lowest BCUT2D eigenvalue weighted by Gasteiger charge is -2.04. The van der Waals surface area contributed by atoms with Gasteiger partial charge in [-0.25, -0.2) is 4.98 Å². The topological polar surface area (TPSA) is 57.9 Å². The van der Waals surface area contributed by atoms with Crippen molar-refractivity contribution in [1.29, 1.82) is 5.26 Å². The molecule has 0 aliphatic rings. The van der Waals surface area contributed by atoms with Gasteiger partial charge < -0.3 is 10.1 Å². The zero-order valence-electron chi connectivity index (χ0n) is 6.74. The molecule has 0 fully saturated rings. The Kier molecular flexibility index (Phi) is 2.91. The van der Waals surface area contributed by atoms with Crippen LogP contribution in [0.4, 0.5) is 0 Å². The number of pyridine rings is 1. The van der Waals surface area contributed by atoms with Crippen molar-refractivity contribution in [2.45, 2.75) is 6.54 Å². The van der Waals surface area contributed by atoms with E-state index in [0.29, 0.717) is 12.4 Å². The van der Waals surface area contributed by atoms with Crippen molar-refractivity contribution in [3.05, 3.63) is 23.9 Å². The fourth-order valence-corrected chi connectivity index (χ4v) is 0.877. The molecule has 4 nitrogen and oxygen atoms in total. The van der Waals surface area contributed by atoms with Gasteiger partial charge in [0.15, 0.2) is 6.19 Å². The maximum Gasteiger partial charge on any atom is 0.218 e. The molecule has 0 spiro atoms. The minimum absolute atomic E-state index is 0.452. The van der Waals surface area contributed by atoms with Crippen molar-refractivity contribution < 1.29 is 4.74 Å². The Morgan fingerprint density at radius 2 is 2.58 bits per heavy atom. The van der Waals surface area contributed by atoms with Gasteiger partial charge in [0.25, 0.3) is 0 Å². The summed E-state index contributed by atoms with van der Waals surface area (Å²) in [5.41, 5.74) is 0.876. The number of hydrogen-bond donors (Lipinski definition) is 1. The summed E-state index contributed by atoms with van der Waals surface area (Å²) >= 11 is 0. The van der Waals surface area contributed by atoms with Gasteiger partial charge in [-0.1, -0.05) is 6.07 Å². The van der Waals surface area contributed by atoms with Crippen molar-refractivity contribution in [3.63, 3.8) is 0 Å². The predicted octanol–water partition coefficient (Wildman–Crippen LogP) is 0.661. The molecule has 0 amide bonds. The molecule has 0 aliphatic carbocycles. The molecule has 0 saturated carbocycles. The van der Waals surface area contributed by atoms with E-state index in [1.165, 1.54) is 0 Å². The number of methoxy groups -OCH3 is 1. The van der Waals surface area contributed by atoms with E-state index in [0.717, 1.165) is 5.56 Å². The Morgan fingerprint density at radius 1 is 1.75 bits per heavy atom. The lowest BCUT2D eigenvalue weighted by atomic mass is 10.3. The molecule has 1 aromatic heterocycles. The van der Waals surface area contributed by atoms with Gasteiger partial charge in [-0.05, 0) is 6.07 Å². The van der Waals surface area contributed by atoms with Crippen LogP contribution in [0.2, 0.25) is 0 Å². The first-order chi connectivity index (χ1) is 5.88. The molecule has 0 saturated heterocycles. The number of ether oxygens (including phenoxy) is 1. The Morgan fingerprint density at radius 3 is 3.25 bits per heavy atom. The summed E-state index contributed by atoms with van der Waals surface area (Å²) in [5.74, 6) is 0.556. The highest BCUT2D eigenvalue weighted by molar-refractivity contribution is 5.25. The number of rotatable bonds is 3. The minimum Gasteiger partial charge on any atom is -0.481 e. The number of nitriles is 1. The molecule has 1 rings (SSSR count). The molecule has 1 aromatic rings. The molecule has 0 unspecified atom stereocenters. The van der Waals surface area contributed by atoms with Gasteiger partial charge in [-0.2, -0.15) is 5.26 Å². The van der Waals surface area contributed by atoms with Crippen LogP contribution >= 0.6 is 0 Å². The molecule has 0 aromatic carbocycles. The maximum absolute atomic E-state index is 8.27. The molecule has 4 heteroatoms. The Balaban J connectivity index is 2.76. The zero-order valence-corrected chi connectivity index (χ0v) is 6.74. The number of hydrogen-bond acceptors (Lipinski definition) is 4. The molecular weight excluding hydrogens is 154 g/mol. The van der Waals surface area contributed by atoms with Crippen molar-refractivity contribution in [1.82, 2.24) is 10.3 Å². The molecule has 62 valence electrons. The van der Waals surface area contributed by atoms with E-state index >= 15 is 0 Å². The van der Waals surface area contributed by atoms with E-state index < -0.39 is 0 Å². The predicted molar refractivity (Wildman–Crippen MR) is 43.2 cm³/mol. The third-order valence-corrected chi connectivity index (χ3v) is 1.40. The molecule has 0 atom stereocenters. The quantitative estimate of drug-likeness (QED) is 0.525. The van der Waals surface area contributed by atoms with E-state index in [-0.39, 0.29) is 0 Å². The lowest BCUT2D eigenvalue weighted by Crippen LogP contribution is -2.06. The first-order valence-electron chi connectivity index (χ1n) is 3.48. The second kappa shape index (κ2) is 4.19. The van der Waals surface area contributed by atoms with Crippen LogP contribution in [0.15, 0.2) is 18.3 Å². The highest BCUT2D eigenvalue weighted by Crippen LogP contribution is 2.12. The minimum atomic E-state index is 0.452. The molecule has 0 bridgehead atoms. The van der Waals surface area contributed by atoms with Crippen LogP contribution < -0.4 is 10.1 Å². The van der Waals surface area contributed by atoms with E-state index in [1.807, 2.05) is 12.3 Å². The largest absolute Gasteiger partial charge is 0.481 e. The summed E-state index contributed by atoms with van der Waals surface area (Å²) in [6.07, 6.45) is 3.48. The number of nitrogens with one attached hydrogen (secondary N) is 1. The molecule has 12 heavy (non-hydrogen) atoms. The summed E-state index contributed by atoms with van der Waals surface area (Å²) in [5, 5.41) is 10.8. The van der Waals surface area contributed by atoms with E-state index in [1.54, 1.807) is 19.4 Å². The summed E-state index contributed by atoms with van der Waals surface area (Å²) in [4.78, 5) is 3.98. The van der Waals surface area contributed by atoms with Crippen molar-refractivity contribution in [2.75, 3.05) is 7.11 Å². The van der Waals surface area contributed by atoms with Gasteiger partial charge in [0, 0.05) is 11.8 Å². The van der Waals surface area contributed by atoms with Crippen molar-refractivity contribution in [3.8, 4) is 12.1 Å². The Hall–Kier alpha value is -1.76. The summed E-state index contributed by atoms with van der Waals surface area (Å²) in [6.45, 7) is 0.452. The molecular formula is C8H9N3O. The van der Waals surface area contributed by atoms with Gasteiger partial charge in [0.1, 0.15) is 0 Å². The third-order valence-electron chi connectivity index (χ3n) is 1.40. The highest BCUT2D eigenvalue weighted by Gasteiger charge is 2.00. The van der Waals surface area contributed by atoms with Gasteiger partial charge in [0.05, 0.1) is 13.7 Å². The van der Waals surface area contributed by atoms with Gasteiger partial charge in [-0.3, -0.25) is 0 Å². The SMILES string of the molecule is COc1ncccc1CNC#N. The van der Waals surface area contributed by atoms with E-state index in [2.05, 4.69) is 10.3 Å². The Bertz CT molecular complexity index is 293. The normalized spacial score (nSPS) is 8.67. The summed E-state index contributed by atoms with van der Waals surface area (Å²) in [6, 6.07) is 3.66. The number of nitrogens with zero attached hydrogens (tertiary/aromatic N) is 2. The van der Waals surface area contributed by atoms with Crippen LogP contribution in [0.3, 0.4) is 0 Å². The van der Waals surface area contributed by atoms with Gasteiger partial charge in [-0.15, -0.1) is 0 Å². The average molecular weight is 163 g/mol. The van der Waals surface area contributed by atoms with Crippen LogP contribution in [0.1, 0.15) is 5.56 Å². The van der Waals surface area contributed by atoms with Crippen molar-refractivity contribution >= 4 is 0 Å². The third kappa shape index (κ3) is 1.86. The smallest absolute Gasteiger partial charge is 0.218 e. The van der Waals surface area contributed by atoms with E-state index in [9.17, 15) is 0 Å². The fourth-order valence-electron chi connectivity index (χ4n) is 0.877. The second-order valence-electron chi connectivity index (χ2n) is 2.14. The molecule has 1 heterocycles. The first-order valence-corrected chi connectivity index (χ1v) is 3.48. The van der Waals surface area contributed by atoms with Crippen LogP contribution in [-0.4, -0.2) is 12.1 Å². The summed E-state index contributed by atoms with van der Waals surface area (Å²) in [7, 11) is 1.55. The maximum atomic E-state index is 8.27. The fraction of sp³-hybridized carbons (Fsp3) is 0.250. The summed E-state index contributed by atoms with van der Waals surface area (Å²) < 4.78 is 4.98. The zero-order chi connectivity index (χ0) is 8.81. The lowest BCUT2D eigenvalue weighted by molar-refractivity contribution is 0.392. The molecule has 0 radical (unpaired) electrons. The standard InChI is InChI=1S/C8H9N3O/c1-12-8-7(5-10-6-9)3-2-4-11-8/h2-4,10H,5H2,1H3. The Labute approximate surface area is 70.8 Å². The van der Waals surface area contributed by atoms with Crippen LogP contribution in [-0.2, 0) is 6.54 Å². The van der Waals surface area contributed by atoms with Crippen molar-refractivity contribution in [2.24, 2.45) is 0 Å². The van der Waals surface area contributed by atoms with Crippen LogP contribution in [0.25, 0.3) is 0 Å². The van der Waals surface area contributed by atoms with Crippen LogP contribution in [0, 0.1) is 11.5 Å². The van der Waals surface area contributed by atoms with Gasteiger partial charge in [0.2, 0.25) is 5.88 Å². The van der Waals surface area contributed by atoms with Gasteiger partial charge >= 0.3 is 0 Å². The average Bonchev–Trinajstić information content (AvgIpc) is 2.15. The monoisotopic (exact) mass is 163 g/mol. The first kappa shape index (κ1) is 8.34. The van der Waals surface area contributed by atoms with Crippen LogP contribution in [0.5, 0.6) is 5.88 Å². The molecule has 1 N–H and O–H groups in total. The second-order valence-corrected chi connectivity index (χ2v) is 2.14. The highest BCUT2D eigenvalue weighted by atomic mass is 16.5. The number of aromatic nitrogens is 1. The molecule has 0 aliphatic heterocycles.